The lowest BCUT2D eigenvalue weighted by molar-refractivity contribution is -0.245. The first-order valence-corrected chi connectivity index (χ1v) is 4.38. The van der Waals surface area contributed by atoms with Gasteiger partial charge in [0.25, 0.3) is 0 Å². The van der Waals surface area contributed by atoms with Crippen molar-refractivity contribution in [1.29, 1.82) is 0 Å². The Morgan fingerprint density at radius 3 is 2.53 bits per heavy atom. The van der Waals surface area contributed by atoms with Crippen molar-refractivity contribution < 1.29 is 24.1 Å². The minimum atomic E-state index is -0.619. The largest absolute Gasteiger partial charge is 0.459 e. The van der Waals surface area contributed by atoms with Crippen LogP contribution in [0.15, 0.2) is 24.3 Å². The lowest BCUT2D eigenvalue weighted by Gasteiger charge is -2.09. The van der Waals surface area contributed by atoms with Gasteiger partial charge in [-0.1, -0.05) is 6.07 Å². The number of benzene rings is 1. The summed E-state index contributed by atoms with van der Waals surface area (Å²) in [5, 5.41) is 0. The molecule has 5 heteroatoms. The maximum atomic E-state index is 11.4. The van der Waals surface area contributed by atoms with E-state index in [2.05, 4.69) is 9.78 Å². The topological polar surface area (TPSA) is 61.8 Å². The minimum Gasteiger partial charge on any atom is -0.459 e. The predicted molar refractivity (Wildman–Crippen MR) is 48.1 cm³/mol. The smallest absolute Gasteiger partial charge is 0.373 e. The summed E-state index contributed by atoms with van der Waals surface area (Å²) in [5.41, 5.74) is 0.581. The van der Waals surface area contributed by atoms with Crippen molar-refractivity contribution >= 4 is 11.9 Å². The van der Waals surface area contributed by atoms with Crippen LogP contribution in [0.25, 0.3) is 0 Å². The number of carbonyl (C=O) groups is 2. The van der Waals surface area contributed by atoms with Crippen LogP contribution in [0.1, 0.15) is 20.7 Å². The predicted octanol–water partition coefficient (Wildman–Crippen LogP) is 0.945. The van der Waals surface area contributed by atoms with E-state index >= 15 is 0 Å². The summed E-state index contributed by atoms with van der Waals surface area (Å²) in [4.78, 5) is 31.7. The molecule has 1 heterocycles. The van der Waals surface area contributed by atoms with Gasteiger partial charge in [0.1, 0.15) is 13.2 Å². The zero-order valence-corrected chi connectivity index (χ0v) is 7.76. The Morgan fingerprint density at radius 2 is 1.73 bits per heavy atom. The molecular formula is C10H8O5. The van der Waals surface area contributed by atoms with Gasteiger partial charge in [-0.15, -0.1) is 0 Å². The molecule has 15 heavy (non-hydrogen) atoms. The summed E-state index contributed by atoms with van der Waals surface area (Å²) in [6.45, 7) is 0.0814. The molecule has 5 nitrogen and oxygen atoms in total. The van der Waals surface area contributed by atoms with Gasteiger partial charge in [-0.2, -0.15) is 4.89 Å². The molecule has 0 N–H and O–H groups in total. The van der Waals surface area contributed by atoms with Gasteiger partial charge in [-0.05, 0) is 18.2 Å². The number of ether oxygens (including phenoxy) is 1. The molecule has 1 aromatic rings. The molecule has 0 aliphatic carbocycles. The summed E-state index contributed by atoms with van der Waals surface area (Å²) in [6.07, 6.45) is 0. The van der Waals surface area contributed by atoms with E-state index in [1.54, 1.807) is 12.1 Å². The number of cyclic esters (lactones) is 1. The van der Waals surface area contributed by atoms with Gasteiger partial charge in [0.15, 0.2) is 0 Å². The molecule has 0 fully saturated rings. The van der Waals surface area contributed by atoms with Crippen LogP contribution >= 0.6 is 0 Å². The van der Waals surface area contributed by atoms with E-state index in [1.807, 2.05) is 0 Å². The maximum absolute atomic E-state index is 11.4. The van der Waals surface area contributed by atoms with E-state index in [-0.39, 0.29) is 18.8 Å². The molecule has 1 aliphatic heterocycles. The second-order valence-electron chi connectivity index (χ2n) is 2.91. The fourth-order valence-electron chi connectivity index (χ4n) is 1.17. The molecule has 2 bridgehead atoms. The molecule has 0 aromatic heterocycles. The third-order valence-electron chi connectivity index (χ3n) is 1.87. The standard InChI is InChI=1S/C10H8O5/c11-9-7-2-1-3-8(6-7)10(12)15-14-5-4-13-9/h1-3,6H,4-5H2. The highest BCUT2D eigenvalue weighted by molar-refractivity contribution is 5.95. The van der Waals surface area contributed by atoms with Gasteiger partial charge in [0.2, 0.25) is 0 Å². The van der Waals surface area contributed by atoms with Crippen LogP contribution in [0.2, 0.25) is 0 Å². The third kappa shape index (κ3) is 2.13. The molecule has 0 spiro atoms. The van der Waals surface area contributed by atoms with Crippen molar-refractivity contribution in [2.45, 2.75) is 0 Å². The fraction of sp³-hybridized carbons (Fsp3) is 0.200. The molecule has 1 aliphatic rings. The molecule has 0 unspecified atom stereocenters. The van der Waals surface area contributed by atoms with Crippen LogP contribution in [-0.2, 0) is 14.5 Å². The summed E-state index contributed by atoms with van der Waals surface area (Å²) in [7, 11) is 0. The van der Waals surface area contributed by atoms with Crippen molar-refractivity contribution in [3.05, 3.63) is 35.4 Å². The number of carbonyl (C=O) groups excluding carboxylic acids is 2. The second-order valence-corrected chi connectivity index (χ2v) is 2.91. The van der Waals surface area contributed by atoms with E-state index < -0.39 is 11.9 Å². The summed E-state index contributed by atoms with van der Waals surface area (Å²) in [6, 6.07) is 6.08. The molecule has 0 atom stereocenters. The highest BCUT2D eigenvalue weighted by Gasteiger charge is 2.15. The Bertz CT molecular complexity index is 365. The van der Waals surface area contributed by atoms with Crippen LogP contribution in [0, 0.1) is 0 Å². The average molecular weight is 208 g/mol. The van der Waals surface area contributed by atoms with Gasteiger partial charge in [0.05, 0.1) is 11.1 Å². The molecule has 0 saturated carbocycles. The van der Waals surface area contributed by atoms with Gasteiger partial charge in [-0.25, -0.2) is 9.59 Å². The maximum Gasteiger partial charge on any atom is 0.373 e. The Kier molecular flexibility index (Phi) is 2.64. The normalized spacial score (nSPS) is 16.5. The van der Waals surface area contributed by atoms with Crippen LogP contribution in [-0.4, -0.2) is 25.2 Å². The Hall–Kier alpha value is -1.88. The van der Waals surface area contributed by atoms with Gasteiger partial charge in [0, 0.05) is 0 Å². The lowest BCUT2D eigenvalue weighted by Crippen LogP contribution is -2.16. The van der Waals surface area contributed by atoms with Gasteiger partial charge >= 0.3 is 11.9 Å². The number of rotatable bonds is 0. The molecule has 2 rings (SSSR count). The first-order chi connectivity index (χ1) is 7.27. The molecule has 1 aromatic carbocycles. The molecular weight excluding hydrogens is 200 g/mol. The number of hydrogen-bond acceptors (Lipinski definition) is 5. The monoisotopic (exact) mass is 208 g/mol. The second kappa shape index (κ2) is 4.10. The first kappa shape index (κ1) is 9.67. The Morgan fingerprint density at radius 1 is 1.00 bits per heavy atom. The number of esters is 1. The minimum absolute atomic E-state index is 0.0295. The molecule has 0 saturated heterocycles. The third-order valence-corrected chi connectivity index (χ3v) is 1.87. The van der Waals surface area contributed by atoms with Crippen LogP contribution in [0.4, 0.5) is 0 Å². The zero-order chi connectivity index (χ0) is 10.7. The lowest BCUT2D eigenvalue weighted by atomic mass is 10.1. The van der Waals surface area contributed by atoms with E-state index in [0.29, 0.717) is 5.56 Å². The summed E-state index contributed by atoms with van der Waals surface area (Å²) < 4.78 is 4.84. The number of hydrogen-bond donors (Lipinski definition) is 0. The Labute approximate surface area is 85.5 Å². The molecule has 78 valence electrons. The van der Waals surface area contributed by atoms with Gasteiger partial charge in [-0.3, -0.25) is 4.89 Å². The van der Waals surface area contributed by atoms with Crippen molar-refractivity contribution in [2.75, 3.05) is 13.2 Å². The first-order valence-electron chi connectivity index (χ1n) is 4.38. The highest BCUT2D eigenvalue weighted by atomic mass is 17.2. The van der Waals surface area contributed by atoms with Crippen LogP contribution in [0.3, 0.4) is 0 Å². The van der Waals surface area contributed by atoms with Crippen molar-refractivity contribution in [1.82, 2.24) is 0 Å². The van der Waals surface area contributed by atoms with Gasteiger partial charge < -0.3 is 4.74 Å². The summed E-state index contributed by atoms with van der Waals surface area (Å²) >= 11 is 0. The zero-order valence-electron chi connectivity index (χ0n) is 7.76. The highest BCUT2D eigenvalue weighted by Crippen LogP contribution is 2.09. The van der Waals surface area contributed by atoms with E-state index in [1.165, 1.54) is 12.1 Å². The van der Waals surface area contributed by atoms with Crippen LogP contribution in [0.5, 0.6) is 0 Å². The van der Waals surface area contributed by atoms with E-state index in [0.717, 1.165) is 0 Å². The summed E-state index contributed by atoms with van der Waals surface area (Å²) in [5.74, 6) is -1.10. The van der Waals surface area contributed by atoms with Crippen molar-refractivity contribution in [3.63, 3.8) is 0 Å². The van der Waals surface area contributed by atoms with E-state index in [4.69, 9.17) is 4.74 Å². The average Bonchev–Trinajstić information content (AvgIpc) is 2.27. The molecule has 0 radical (unpaired) electrons. The quantitative estimate of drug-likeness (QED) is 0.469. The van der Waals surface area contributed by atoms with E-state index in [9.17, 15) is 9.59 Å². The SMILES string of the molecule is O=C1OCCOOC(=O)c2cccc1c2. The van der Waals surface area contributed by atoms with Crippen LogP contribution < -0.4 is 0 Å². The van der Waals surface area contributed by atoms with Crippen molar-refractivity contribution in [3.8, 4) is 0 Å². The molecule has 0 amide bonds. The number of fused-ring (bicyclic) bond motifs is 2. The fourth-order valence-corrected chi connectivity index (χ4v) is 1.17. The van der Waals surface area contributed by atoms with Crippen molar-refractivity contribution in [2.24, 2.45) is 0 Å². The Balaban J connectivity index is 2.36.